The van der Waals surface area contributed by atoms with Gasteiger partial charge in [0.15, 0.2) is 0 Å². The zero-order chi connectivity index (χ0) is 13.8. The number of aliphatic hydroxyl groups is 1. The van der Waals surface area contributed by atoms with Crippen LogP contribution in [-0.4, -0.2) is 11.2 Å². The van der Waals surface area contributed by atoms with Gasteiger partial charge in [0.2, 0.25) is 0 Å². The van der Waals surface area contributed by atoms with Gasteiger partial charge in [0.05, 0.1) is 6.10 Å². The van der Waals surface area contributed by atoms with Crippen LogP contribution >= 0.6 is 0 Å². The molecule has 2 rings (SSSR count). The Bertz CT molecular complexity index is 390. The van der Waals surface area contributed by atoms with Gasteiger partial charge in [-0.3, -0.25) is 0 Å². The quantitative estimate of drug-likeness (QED) is 0.849. The van der Waals surface area contributed by atoms with Crippen molar-refractivity contribution in [1.82, 2.24) is 0 Å². The minimum absolute atomic E-state index is 0.157. The van der Waals surface area contributed by atoms with Crippen LogP contribution in [0.3, 0.4) is 0 Å². The van der Waals surface area contributed by atoms with Gasteiger partial charge >= 0.3 is 0 Å². The molecule has 1 nitrogen and oxygen atoms in total. The highest BCUT2D eigenvalue weighted by Gasteiger charge is 2.26. The summed E-state index contributed by atoms with van der Waals surface area (Å²) >= 11 is 0. The molecule has 0 saturated heterocycles. The molecule has 3 atom stereocenters. The van der Waals surface area contributed by atoms with Crippen LogP contribution < -0.4 is 0 Å². The molecule has 0 radical (unpaired) electrons. The Labute approximate surface area is 118 Å². The average molecular weight is 260 g/mol. The highest BCUT2D eigenvalue weighted by Crippen LogP contribution is 2.33. The molecule has 1 aromatic rings. The molecule has 0 heterocycles. The van der Waals surface area contributed by atoms with Crippen molar-refractivity contribution < 1.29 is 5.11 Å². The Morgan fingerprint density at radius 2 is 1.84 bits per heavy atom. The van der Waals surface area contributed by atoms with Gasteiger partial charge in [-0.05, 0) is 50.5 Å². The van der Waals surface area contributed by atoms with E-state index in [2.05, 4.69) is 39.0 Å². The Kier molecular flexibility index (Phi) is 5.04. The normalized spacial score (nSPS) is 25.3. The fourth-order valence-electron chi connectivity index (χ4n) is 3.65. The van der Waals surface area contributed by atoms with E-state index in [1.807, 2.05) is 0 Å². The van der Waals surface area contributed by atoms with Crippen LogP contribution in [0.15, 0.2) is 18.2 Å². The molecule has 1 aromatic carbocycles. The van der Waals surface area contributed by atoms with Crippen molar-refractivity contribution in [3.8, 4) is 0 Å². The van der Waals surface area contributed by atoms with Gasteiger partial charge in [-0.25, -0.2) is 0 Å². The molecule has 1 fully saturated rings. The summed E-state index contributed by atoms with van der Waals surface area (Å²) in [6.07, 6.45) is 7.04. The number of hydrogen-bond donors (Lipinski definition) is 1. The number of aryl methyl sites for hydroxylation is 2. The van der Waals surface area contributed by atoms with E-state index in [0.29, 0.717) is 5.92 Å². The van der Waals surface area contributed by atoms with Gasteiger partial charge in [-0.1, -0.05) is 55.5 Å². The van der Waals surface area contributed by atoms with Gasteiger partial charge in [-0.15, -0.1) is 0 Å². The van der Waals surface area contributed by atoms with Crippen LogP contribution in [0.5, 0.6) is 0 Å². The van der Waals surface area contributed by atoms with E-state index < -0.39 is 0 Å². The van der Waals surface area contributed by atoms with E-state index in [-0.39, 0.29) is 6.10 Å². The molecule has 0 aliphatic heterocycles. The maximum atomic E-state index is 10.5. The van der Waals surface area contributed by atoms with Crippen molar-refractivity contribution in [3.63, 3.8) is 0 Å². The highest BCUT2D eigenvalue weighted by atomic mass is 16.3. The van der Waals surface area contributed by atoms with Gasteiger partial charge in [0, 0.05) is 0 Å². The van der Waals surface area contributed by atoms with E-state index in [0.717, 1.165) is 12.3 Å². The van der Waals surface area contributed by atoms with Crippen molar-refractivity contribution in [3.05, 3.63) is 34.9 Å². The Morgan fingerprint density at radius 1 is 1.16 bits per heavy atom. The lowest BCUT2D eigenvalue weighted by atomic mass is 9.76. The SMILES string of the molecule is CCC1CCCC(C(O)Cc2cc(C)cc(C)c2)C1. The van der Waals surface area contributed by atoms with Gasteiger partial charge < -0.3 is 5.11 Å². The summed E-state index contributed by atoms with van der Waals surface area (Å²) in [7, 11) is 0. The third kappa shape index (κ3) is 4.07. The topological polar surface area (TPSA) is 20.2 Å². The first kappa shape index (κ1) is 14.6. The lowest BCUT2D eigenvalue weighted by Crippen LogP contribution is -2.28. The van der Waals surface area contributed by atoms with Gasteiger partial charge in [0.1, 0.15) is 0 Å². The molecule has 1 heteroatoms. The number of benzene rings is 1. The van der Waals surface area contributed by atoms with Crippen molar-refractivity contribution in [2.24, 2.45) is 11.8 Å². The molecule has 0 amide bonds. The van der Waals surface area contributed by atoms with E-state index >= 15 is 0 Å². The summed E-state index contributed by atoms with van der Waals surface area (Å²) in [5.41, 5.74) is 3.90. The van der Waals surface area contributed by atoms with Crippen molar-refractivity contribution in [2.75, 3.05) is 0 Å². The smallest absolute Gasteiger partial charge is 0.0608 e. The van der Waals surface area contributed by atoms with Crippen LogP contribution in [0.4, 0.5) is 0 Å². The predicted molar refractivity (Wildman–Crippen MR) is 81.4 cm³/mol. The van der Waals surface area contributed by atoms with Crippen LogP contribution in [-0.2, 0) is 6.42 Å². The van der Waals surface area contributed by atoms with Crippen LogP contribution in [0.25, 0.3) is 0 Å². The van der Waals surface area contributed by atoms with Crippen molar-refractivity contribution >= 4 is 0 Å². The molecule has 1 aliphatic rings. The van der Waals surface area contributed by atoms with E-state index in [4.69, 9.17) is 0 Å². The summed E-state index contributed by atoms with van der Waals surface area (Å²) < 4.78 is 0. The van der Waals surface area contributed by atoms with Gasteiger partial charge in [0.25, 0.3) is 0 Å². The van der Waals surface area contributed by atoms with Crippen LogP contribution in [0, 0.1) is 25.7 Å². The standard InChI is InChI=1S/C18H28O/c1-4-15-6-5-7-17(11-15)18(19)12-16-9-13(2)8-14(3)10-16/h8-10,15,17-19H,4-7,11-12H2,1-3H3. The largest absolute Gasteiger partial charge is 0.392 e. The molecule has 1 aliphatic carbocycles. The number of aliphatic hydroxyl groups excluding tert-OH is 1. The second-order valence-corrected chi connectivity index (χ2v) is 6.47. The highest BCUT2D eigenvalue weighted by molar-refractivity contribution is 5.29. The molecule has 0 spiro atoms. The van der Waals surface area contributed by atoms with E-state index in [1.165, 1.54) is 48.8 Å². The third-order valence-corrected chi connectivity index (χ3v) is 4.67. The van der Waals surface area contributed by atoms with E-state index in [9.17, 15) is 5.11 Å². The zero-order valence-corrected chi connectivity index (χ0v) is 12.7. The summed E-state index contributed by atoms with van der Waals surface area (Å²) in [6.45, 7) is 6.55. The Morgan fingerprint density at radius 3 is 2.47 bits per heavy atom. The van der Waals surface area contributed by atoms with Gasteiger partial charge in [-0.2, -0.15) is 0 Å². The summed E-state index contributed by atoms with van der Waals surface area (Å²) in [4.78, 5) is 0. The minimum Gasteiger partial charge on any atom is -0.392 e. The first-order chi connectivity index (χ1) is 9.08. The summed E-state index contributed by atoms with van der Waals surface area (Å²) in [5.74, 6) is 1.35. The molecule has 0 bridgehead atoms. The molecule has 19 heavy (non-hydrogen) atoms. The first-order valence-electron chi connectivity index (χ1n) is 7.83. The average Bonchev–Trinajstić information content (AvgIpc) is 2.37. The monoisotopic (exact) mass is 260 g/mol. The fraction of sp³-hybridized carbons (Fsp3) is 0.667. The lowest BCUT2D eigenvalue weighted by molar-refractivity contribution is 0.0685. The summed E-state index contributed by atoms with van der Waals surface area (Å²) in [5, 5.41) is 10.5. The molecule has 106 valence electrons. The first-order valence-corrected chi connectivity index (χ1v) is 7.83. The van der Waals surface area contributed by atoms with Crippen molar-refractivity contribution in [1.29, 1.82) is 0 Å². The summed E-state index contributed by atoms with van der Waals surface area (Å²) in [6, 6.07) is 6.64. The van der Waals surface area contributed by atoms with Crippen LogP contribution in [0.2, 0.25) is 0 Å². The van der Waals surface area contributed by atoms with Crippen molar-refractivity contribution in [2.45, 2.75) is 65.4 Å². The maximum absolute atomic E-state index is 10.5. The van der Waals surface area contributed by atoms with Crippen LogP contribution in [0.1, 0.15) is 55.7 Å². The second-order valence-electron chi connectivity index (χ2n) is 6.47. The molecular formula is C18H28O. The minimum atomic E-state index is -0.157. The number of rotatable bonds is 4. The number of hydrogen-bond acceptors (Lipinski definition) is 1. The lowest BCUT2D eigenvalue weighted by Gasteiger charge is -2.32. The van der Waals surface area contributed by atoms with E-state index in [1.54, 1.807) is 0 Å². The Hall–Kier alpha value is -0.820. The molecular weight excluding hydrogens is 232 g/mol. The fourth-order valence-corrected chi connectivity index (χ4v) is 3.65. The molecule has 1 N–H and O–H groups in total. The molecule has 1 saturated carbocycles. The molecule has 3 unspecified atom stereocenters. The Balaban J connectivity index is 1.98. The maximum Gasteiger partial charge on any atom is 0.0608 e. The third-order valence-electron chi connectivity index (χ3n) is 4.67. The predicted octanol–water partition coefficient (Wildman–Crippen LogP) is 4.42. The zero-order valence-electron chi connectivity index (χ0n) is 12.7. The molecule has 0 aromatic heterocycles. The second kappa shape index (κ2) is 6.56.